The van der Waals surface area contributed by atoms with Gasteiger partial charge < -0.3 is 0 Å². The normalized spacial score (nSPS) is 2.33. The van der Waals surface area contributed by atoms with Crippen LogP contribution in [0, 0.1) is 10.8 Å². The zero-order chi connectivity index (χ0) is 11.4. The molecule has 0 aliphatic rings. The molecule has 12 heavy (non-hydrogen) atoms. The molecule has 0 spiro atoms. The molecule has 0 aliphatic carbocycles. The third-order valence-corrected chi connectivity index (χ3v) is 0. The minimum Gasteiger partial charge on any atom is -0.222 e. The average Bonchev–Trinajstić information content (AvgIpc) is 2.16. The van der Waals surface area contributed by atoms with Crippen LogP contribution in [0.1, 0.15) is 0 Å². The van der Waals surface area contributed by atoms with Crippen LogP contribution in [0.3, 0.4) is 0 Å². The number of isocyanates is 2. The molecule has 68 valence electrons. The summed E-state index contributed by atoms with van der Waals surface area (Å²) in [5, 5.41) is 10.8. The van der Waals surface area contributed by atoms with Crippen LogP contribution in [0.2, 0.25) is 0 Å². The van der Waals surface area contributed by atoms with E-state index < -0.39 is 0 Å². The van der Waals surface area contributed by atoms with Crippen LogP contribution in [0.5, 0.6) is 0 Å². The van der Waals surface area contributed by atoms with Gasteiger partial charge in [-0.2, -0.15) is 0 Å². The first kappa shape index (κ1) is 32.5. The Bertz CT molecular complexity index is 95.5. The van der Waals surface area contributed by atoms with Crippen molar-refractivity contribution in [3.8, 4) is 0 Å². The highest BCUT2D eigenvalue weighted by Gasteiger charge is 1.04. The Morgan fingerprint density at radius 2 is 0.667 bits per heavy atom. The van der Waals surface area contributed by atoms with Gasteiger partial charge in [-0.3, -0.25) is 0 Å². The molecule has 0 saturated heterocycles. The van der Waals surface area contributed by atoms with Crippen molar-refractivity contribution < 1.29 is 9.59 Å². The van der Waals surface area contributed by atoms with Gasteiger partial charge in [-0.25, -0.2) is 20.4 Å². The quantitative estimate of drug-likeness (QED) is 0.332. The molecule has 0 aromatic heterocycles. The van der Waals surface area contributed by atoms with Gasteiger partial charge in [0.25, 0.3) is 0 Å². The van der Waals surface area contributed by atoms with Crippen molar-refractivity contribution in [1.82, 2.24) is 0 Å². The number of nitrogens with one attached hydrogen (secondary N) is 2. The summed E-state index contributed by atoms with van der Waals surface area (Å²) in [6.45, 7) is 18.0. The van der Waals surface area contributed by atoms with E-state index in [1.807, 2.05) is 0 Å². The van der Waals surface area contributed by atoms with Crippen LogP contribution in [0.15, 0.2) is 39.5 Å². The number of carbonyl (C=O) groups excluding carboxylic acids is 2. The fourth-order valence-electron chi connectivity index (χ4n) is 0. The van der Waals surface area contributed by atoms with Gasteiger partial charge in [-0.15, -0.1) is 39.5 Å². The highest BCUT2D eigenvalue weighted by Crippen LogP contribution is 0.875. The number of hydrogen-bond acceptors (Lipinski definition) is 4. The molecule has 0 amide bonds. The van der Waals surface area contributed by atoms with Crippen LogP contribution in [0.25, 0.3) is 0 Å². The minimum atomic E-state index is 0.750. The maximum Gasteiger partial charge on any atom is 0.231 e. The monoisotopic (exact) mass is 170 g/mol. The molecular weight excluding hydrogens is 156 g/mol. The van der Waals surface area contributed by atoms with Crippen LogP contribution in [-0.4, -0.2) is 12.2 Å². The first-order valence-corrected chi connectivity index (χ1v) is 2.41. The van der Waals surface area contributed by atoms with E-state index in [0.717, 1.165) is 12.2 Å². The molecule has 0 saturated carbocycles. The molecule has 0 rings (SSSR count). The summed E-state index contributed by atoms with van der Waals surface area (Å²) in [6, 6.07) is 0. The van der Waals surface area contributed by atoms with Gasteiger partial charge in [-0.1, -0.05) is 0 Å². The fraction of sp³-hybridized carbons (Fsp3) is 0. The largest absolute Gasteiger partial charge is 0.231 e. The van der Waals surface area contributed by atoms with Gasteiger partial charge in [0.15, 0.2) is 0 Å². The maximum atomic E-state index is 8.35. The van der Waals surface area contributed by atoms with Crippen LogP contribution >= 0.6 is 0 Å². The summed E-state index contributed by atoms with van der Waals surface area (Å²) < 4.78 is 0. The summed E-state index contributed by atoms with van der Waals surface area (Å²) in [5.74, 6) is 0. The van der Waals surface area contributed by atoms with Gasteiger partial charge in [0, 0.05) is 0 Å². The lowest BCUT2D eigenvalue weighted by Crippen LogP contribution is -1.16. The molecule has 0 bridgehead atoms. The number of rotatable bonds is 0. The Hall–Kier alpha value is -2.02. The van der Waals surface area contributed by atoms with Crippen molar-refractivity contribution >= 4 is 12.2 Å². The summed E-state index contributed by atoms with van der Waals surface area (Å²) in [6.07, 6.45) is 1.50. The predicted molar refractivity (Wildman–Crippen MR) is 50.6 cm³/mol. The Morgan fingerprint density at radius 3 is 0.667 bits per heavy atom. The second-order valence-electron chi connectivity index (χ2n) is 0.204. The van der Waals surface area contributed by atoms with E-state index >= 15 is 0 Å². The summed E-state index contributed by atoms with van der Waals surface area (Å²) in [7, 11) is 0. The highest BCUT2D eigenvalue weighted by atomic mass is 16.1. The molecule has 0 aromatic rings. The van der Waals surface area contributed by atoms with Gasteiger partial charge in [0.05, 0.1) is 0 Å². The topological polar surface area (TPSA) is 81.8 Å². The van der Waals surface area contributed by atoms with Crippen molar-refractivity contribution in [3.05, 3.63) is 39.5 Å². The van der Waals surface area contributed by atoms with E-state index in [-0.39, 0.29) is 0 Å². The molecular formula is C8H14N2O2. The predicted octanol–water partition coefficient (Wildman–Crippen LogP) is 2.21. The van der Waals surface area contributed by atoms with Crippen molar-refractivity contribution in [1.29, 1.82) is 10.8 Å². The SMILES string of the molecule is C=C.C=C.C=C.N=C=O.N=C=O. The molecule has 2 N–H and O–H groups in total. The molecule has 4 heteroatoms. The Balaban J connectivity index is -0.0000000174. The van der Waals surface area contributed by atoms with Crippen LogP contribution in [-0.2, 0) is 9.59 Å². The second-order valence-corrected chi connectivity index (χ2v) is 0.204. The molecule has 0 atom stereocenters. The lowest BCUT2D eigenvalue weighted by Gasteiger charge is -1.02. The van der Waals surface area contributed by atoms with Crippen LogP contribution < -0.4 is 0 Å². The van der Waals surface area contributed by atoms with Gasteiger partial charge in [-0.05, 0) is 0 Å². The molecule has 0 heterocycles. The van der Waals surface area contributed by atoms with Crippen molar-refractivity contribution in [2.75, 3.05) is 0 Å². The zero-order valence-corrected chi connectivity index (χ0v) is 7.06. The van der Waals surface area contributed by atoms with E-state index in [1.54, 1.807) is 0 Å². The van der Waals surface area contributed by atoms with E-state index in [9.17, 15) is 0 Å². The maximum absolute atomic E-state index is 8.35. The van der Waals surface area contributed by atoms with Gasteiger partial charge in [0.2, 0.25) is 12.2 Å². The third kappa shape index (κ3) is 95.3. The van der Waals surface area contributed by atoms with Crippen molar-refractivity contribution in [2.24, 2.45) is 0 Å². The summed E-state index contributed by atoms with van der Waals surface area (Å²) in [4.78, 5) is 16.7. The van der Waals surface area contributed by atoms with Crippen molar-refractivity contribution in [3.63, 3.8) is 0 Å². The number of hydrogen-bond donors (Lipinski definition) is 2. The average molecular weight is 170 g/mol. The Morgan fingerprint density at radius 1 is 0.667 bits per heavy atom. The fourth-order valence-corrected chi connectivity index (χ4v) is 0. The van der Waals surface area contributed by atoms with Crippen molar-refractivity contribution in [2.45, 2.75) is 0 Å². The highest BCUT2D eigenvalue weighted by molar-refractivity contribution is 5.26. The first-order valence-electron chi connectivity index (χ1n) is 2.41. The van der Waals surface area contributed by atoms with E-state index in [4.69, 9.17) is 20.4 Å². The Kier molecular flexibility index (Phi) is 3870000. The molecule has 0 fully saturated rings. The van der Waals surface area contributed by atoms with Gasteiger partial charge >= 0.3 is 0 Å². The smallest absolute Gasteiger partial charge is 0.222 e. The lowest BCUT2D eigenvalue weighted by molar-refractivity contribution is 0.562. The molecule has 0 aliphatic heterocycles. The molecule has 0 radical (unpaired) electrons. The van der Waals surface area contributed by atoms with E-state index in [2.05, 4.69) is 39.5 Å². The molecule has 4 nitrogen and oxygen atoms in total. The Labute approximate surface area is 72.9 Å². The zero-order valence-electron chi connectivity index (χ0n) is 7.06. The summed E-state index contributed by atoms with van der Waals surface area (Å²) in [5.41, 5.74) is 0. The lowest BCUT2D eigenvalue weighted by atomic mass is 11.3. The third-order valence-electron chi connectivity index (χ3n) is 0. The van der Waals surface area contributed by atoms with Crippen LogP contribution in [0.4, 0.5) is 0 Å². The summed E-state index contributed by atoms with van der Waals surface area (Å²) >= 11 is 0. The van der Waals surface area contributed by atoms with E-state index in [0.29, 0.717) is 0 Å². The first-order chi connectivity index (χ1) is 5.83. The van der Waals surface area contributed by atoms with E-state index in [1.165, 1.54) is 0 Å². The van der Waals surface area contributed by atoms with Gasteiger partial charge in [0.1, 0.15) is 0 Å². The second kappa shape index (κ2) is 1430000. The molecule has 0 aromatic carbocycles. The minimum absolute atomic E-state index is 0.750. The molecule has 0 unspecified atom stereocenters. The standard InChI is InChI=1S/3C2H4.2CHNO/c3*1-2;2*2-1-3/h3*1-2H2;2*2H.